The van der Waals surface area contributed by atoms with Crippen molar-refractivity contribution < 1.29 is 27.8 Å². The average molecular weight is 454 g/mol. The van der Waals surface area contributed by atoms with Gasteiger partial charge in [-0.15, -0.1) is 0 Å². The predicted octanol–water partition coefficient (Wildman–Crippen LogP) is 4.82. The number of benzene rings is 3. The van der Waals surface area contributed by atoms with E-state index >= 15 is 0 Å². The van der Waals surface area contributed by atoms with E-state index in [2.05, 4.69) is 5.32 Å². The molecule has 0 aliphatic carbocycles. The lowest BCUT2D eigenvalue weighted by Gasteiger charge is -2.25. The van der Waals surface area contributed by atoms with Crippen LogP contribution in [0.1, 0.15) is 28.9 Å². The first kappa shape index (κ1) is 23.7. The van der Waals surface area contributed by atoms with E-state index in [4.69, 9.17) is 9.47 Å². The Kier molecular flexibility index (Phi) is 7.61. The molecule has 0 spiro atoms. The lowest BCUT2D eigenvalue weighted by atomic mass is 10.1. The van der Waals surface area contributed by atoms with E-state index in [9.17, 15) is 18.4 Å². The highest BCUT2D eigenvalue weighted by Gasteiger charge is 2.20. The van der Waals surface area contributed by atoms with Gasteiger partial charge in [0.25, 0.3) is 11.8 Å². The molecule has 3 aromatic rings. The Morgan fingerprint density at radius 3 is 2.36 bits per heavy atom. The molecule has 0 fully saturated rings. The molecule has 3 rings (SSSR count). The normalized spacial score (nSPS) is 11.4. The molecule has 1 unspecified atom stereocenters. The summed E-state index contributed by atoms with van der Waals surface area (Å²) in [6, 6.07) is 16.4. The Bertz CT molecular complexity index is 1140. The van der Waals surface area contributed by atoms with Crippen molar-refractivity contribution in [2.75, 3.05) is 26.1 Å². The molecule has 0 saturated heterocycles. The van der Waals surface area contributed by atoms with Crippen molar-refractivity contribution in [2.24, 2.45) is 0 Å². The van der Waals surface area contributed by atoms with E-state index < -0.39 is 17.7 Å². The molecule has 0 aliphatic rings. The molecule has 0 aliphatic heterocycles. The molecular weight excluding hydrogens is 430 g/mol. The summed E-state index contributed by atoms with van der Waals surface area (Å²) in [5.74, 6) is -1.50. The second-order valence-electron chi connectivity index (χ2n) is 7.36. The quantitative estimate of drug-likeness (QED) is 0.530. The zero-order valence-corrected chi connectivity index (χ0v) is 18.5. The number of hydrogen-bond donors (Lipinski definition) is 1. The summed E-state index contributed by atoms with van der Waals surface area (Å²) in [6.45, 7) is 1.51. The Morgan fingerprint density at radius 1 is 0.970 bits per heavy atom. The second-order valence-corrected chi connectivity index (χ2v) is 7.36. The van der Waals surface area contributed by atoms with Crippen LogP contribution in [0, 0.1) is 11.6 Å². The zero-order chi connectivity index (χ0) is 24.0. The van der Waals surface area contributed by atoms with Crippen LogP contribution in [0.2, 0.25) is 0 Å². The summed E-state index contributed by atoms with van der Waals surface area (Å²) in [5, 5.41) is 2.71. The molecule has 2 amide bonds. The summed E-state index contributed by atoms with van der Waals surface area (Å²) in [5.41, 5.74) is 1.45. The molecule has 0 saturated carbocycles. The molecule has 0 radical (unpaired) electrons. The maximum atomic E-state index is 13.5. The highest BCUT2D eigenvalue weighted by Crippen LogP contribution is 2.23. The highest BCUT2D eigenvalue weighted by molar-refractivity contribution is 5.94. The standard InChI is InChI=1S/C25H24F2N2O4/c1-16(18-9-12-22(26)23(27)13-18)29(2)25(31)17-7-10-20(11-8-17)33-15-24(30)28-19-5-4-6-21(14-19)32-3/h4-14,16H,15H2,1-3H3,(H,28,30). The Labute approximate surface area is 190 Å². The number of carbonyl (C=O) groups excluding carboxylic acids is 2. The fraction of sp³-hybridized carbons (Fsp3) is 0.200. The van der Waals surface area contributed by atoms with Gasteiger partial charge in [0, 0.05) is 24.4 Å². The number of ether oxygens (including phenoxy) is 2. The van der Waals surface area contributed by atoms with Gasteiger partial charge >= 0.3 is 0 Å². The third kappa shape index (κ3) is 6.06. The molecule has 6 nitrogen and oxygen atoms in total. The number of halogens is 2. The van der Waals surface area contributed by atoms with Crippen LogP contribution in [0.4, 0.5) is 14.5 Å². The minimum atomic E-state index is -0.961. The number of amides is 2. The van der Waals surface area contributed by atoms with Crippen LogP contribution in [0.15, 0.2) is 66.7 Å². The third-order valence-corrected chi connectivity index (χ3v) is 5.15. The third-order valence-electron chi connectivity index (χ3n) is 5.15. The number of hydrogen-bond acceptors (Lipinski definition) is 4. The van der Waals surface area contributed by atoms with Crippen LogP contribution in [-0.2, 0) is 4.79 Å². The average Bonchev–Trinajstić information content (AvgIpc) is 2.83. The monoisotopic (exact) mass is 454 g/mol. The van der Waals surface area contributed by atoms with E-state index in [1.54, 1.807) is 69.6 Å². The minimum Gasteiger partial charge on any atom is -0.497 e. The van der Waals surface area contributed by atoms with Crippen molar-refractivity contribution in [1.29, 1.82) is 0 Å². The molecule has 0 aromatic heterocycles. The largest absolute Gasteiger partial charge is 0.497 e. The zero-order valence-electron chi connectivity index (χ0n) is 18.5. The number of rotatable bonds is 8. The van der Waals surface area contributed by atoms with Crippen molar-refractivity contribution in [3.05, 3.63) is 89.5 Å². The summed E-state index contributed by atoms with van der Waals surface area (Å²) >= 11 is 0. The van der Waals surface area contributed by atoms with Crippen molar-refractivity contribution in [1.82, 2.24) is 4.90 Å². The summed E-state index contributed by atoms with van der Waals surface area (Å²) in [4.78, 5) is 26.3. The van der Waals surface area contributed by atoms with Crippen LogP contribution in [0.3, 0.4) is 0 Å². The SMILES string of the molecule is COc1cccc(NC(=O)COc2ccc(C(=O)N(C)C(C)c3ccc(F)c(F)c3)cc2)c1. The predicted molar refractivity (Wildman–Crippen MR) is 120 cm³/mol. The molecule has 1 N–H and O–H groups in total. The molecular formula is C25H24F2N2O4. The Balaban J connectivity index is 1.56. The molecule has 0 heterocycles. The van der Waals surface area contributed by atoms with Gasteiger partial charge in [-0.25, -0.2) is 8.78 Å². The number of nitrogens with zero attached hydrogens (tertiary/aromatic N) is 1. The van der Waals surface area contributed by atoms with Crippen LogP contribution >= 0.6 is 0 Å². The molecule has 8 heteroatoms. The summed E-state index contributed by atoms with van der Waals surface area (Å²) < 4.78 is 37.3. The van der Waals surface area contributed by atoms with Crippen LogP contribution in [0.5, 0.6) is 11.5 Å². The first-order chi connectivity index (χ1) is 15.8. The second kappa shape index (κ2) is 10.6. The topological polar surface area (TPSA) is 67.9 Å². The number of methoxy groups -OCH3 is 1. The van der Waals surface area contributed by atoms with Crippen molar-refractivity contribution in [3.63, 3.8) is 0 Å². The Morgan fingerprint density at radius 2 is 1.70 bits per heavy atom. The molecule has 0 bridgehead atoms. The number of carbonyl (C=O) groups is 2. The maximum absolute atomic E-state index is 13.5. The first-order valence-corrected chi connectivity index (χ1v) is 10.2. The van der Waals surface area contributed by atoms with Crippen molar-refractivity contribution >= 4 is 17.5 Å². The van der Waals surface area contributed by atoms with Gasteiger partial charge in [0.05, 0.1) is 13.2 Å². The molecule has 172 valence electrons. The molecule has 1 atom stereocenters. The van der Waals surface area contributed by atoms with E-state index in [0.717, 1.165) is 12.1 Å². The van der Waals surface area contributed by atoms with Crippen molar-refractivity contribution in [2.45, 2.75) is 13.0 Å². The number of nitrogens with one attached hydrogen (secondary N) is 1. The molecule has 33 heavy (non-hydrogen) atoms. The van der Waals surface area contributed by atoms with E-state index in [-0.39, 0.29) is 18.4 Å². The maximum Gasteiger partial charge on any atom is 0.262 e. The van der Waals surface area contributed by atoms with Crippen molar-refractivity contribution in [3.8, 4) is 11.5 Å². The van der Waals surface area contributed by atoms with Gasteiger partial charge < -0.3 is 19.7 Å². The smallest absolute Gasteiger partial charge is 0.262 e. The van der Waals surface area contributed by atoms with Gasteiger partial charge in [-0.1, -0.05) is 12.1 Å². The fourth-order valence-electron chi connectivity index (χ4n) is 3.12. The minimum absolute atomic E-state index is 0.211. The van der Waals surface area contributed by atoms with Gasteiger partial charge in [-0.2, -0.15) is 0 Å². The van der Waals surface area contributed by atoms with Gasteiger partial charge in [0.15, 0.2) is 18.2 Å². The van der Waals surface area contributed by atoms with Gasteiger partial charge in [0.1, 0.15) is 11.5 Å². The summed E-state index contributed by atoms with van der Waals surface area (Å²) in [7, 11) is 3.13. The lowest BCUT2D eigenvalue weighted by Crippen LogP contribution is -2.29. The lowest BCUT2D eigenvalue weighted by molar-refractivity contribution is -0.118. The summed E-state index contributed by atoms with van der Waals surface area (Å²) in [6.07, 6.45) is 0. The van der Waals surface area contributed by atoms with Crippen LogP contribution < -0.4 is 14.8 Å². The van der Waals surface area contributed by atoms with E-state index in [1.807, 2.05) is 0 Å². The molecule has 3 aromatic carbocycles. The van der Waals surface area contributed by atoms with E-state index in [0.29, 0.717) is 28.3 Å². The number of anilines is 1. The van der Waals surface area contributed by atoms with E-state index in [1.165, 1.54) is 11.0 Å². The fourth-order valence-corrected chi connectivity index (χ4v) is 3.12. The van der Waals surface area contributed by atoms with Gasteiger partial charge in [0.2, 0.25) is 0 Å². The van der Waals surface area contributed by atoms with Crippen LogP contribution in [0.25, 0.3) is 0 Å². The first-order valence-electron chi connectivity index (χ1n) is 10.2. The van der Waals surface area contributed by atoms with Gasteiger partial charge in [-0.3, -0.25) is 9.59 Å². The van der Waals surface area contributed by atoms with Gasteiger partial charge in [-0.05, 0) is 61.0 Å². The Hall–Kier alpha value is -3.94. The van der Waals surface area contributed by atoms with Crippen LogP contribution in [-0.4, -0.2) is 37.5 Å². The highest BCUT2D eigenvalue weighted by atomic mass is 19.2.